The smallest absolute Gasteiger partial charge is 0.349 e. The summed E-state index contributed by atoms with van der Waals surface area (Å²) >= 11 is 1.05. The van der Waals surface area contributed by atoms with E-state index in [1.807, 2.05) is 0 Å². The number of nitrogens with one attached hydrogen (secondary N) is 2. The number of anilines is 3. The molecule has 35 heavy (non-hydrogen) atoms. The first kappa shape index (κ1) is 22.9. The van der Waals surface area contributed by atoms with E-state index in [1.54, 1.807) is 43.3 Å². The Labute approximate surface area is 205 Å². The highest BCUT2D eigenvalue weighted by atomic mass is 32.1. The number of ether oxygens (including phenoxy) is 1. The molecule has 180 valence electrons. The minimum absolute atomic E-state index is 0.150. The molecule has 2 aliphatic rings. The summed E-state index contributed by atoms with van der Waals surface area (Å²) in [6.07, 6.45) is 4.17. The lowest BCUT2D eigenvalue weighted by atomic mass is 9.90. The summed E-state index contributed by atoms with van der Waals surface area (Å²) < 4.78 is 10.5. The van der Waals surface area contributed by atoms with Crippen molar-refractivity contribution in [2.45, 2.75) is 38.1 Å². The number of aryl methyl sites for hydroxylation is 1. The minimum Gasteiger partial charge on any atom is -0.459 e. The third-order valence-electron chi connectivity index (χ3n) is 6.34. The van der Waals surface area contributed by atoms with Crippen molar-refractivity contribution >= 4 is 51.4 Å². The number of benzene rings is 1. The second kappa shape index (κ2) is 9.03. The zero-order valence-corrected chi connectivity index (χ0v) is 19.8. The van der Waals surface area contributed by atoms with Crippen molar-refractivity contribution < 1.29 is 28.3 Å². The van der Waals surface area contributed by atoms with Gasteiger partial charge < -0.3 is 19.8 Å². The van der Waals surface area contributed by atoms with Crippen molar-refractivity contribution in [2.24, 2.45) is 0 Å². The van der Waals surface area contributed by atoms with E-state index in [0.717, 1.165) is 24.2 Å². The van der Waals surface area contributed by atoms with Crippen LogP contribution in [0.15, 0.2) is 53.1 Å². The third-order valence-corrected chi connectivity index (χ3v) is 7.47. The third kappa shape index (κ3) is 4.10. The number of carbonyl (C=O) groups is 4. The summed E-state index contributed by atoms with van der Waals surface area (Å²) in [5.41, 5.74) is 0.795. The predicted octanol–water partition coefficient (Wildman–Crippen LogP) is 4.36. The maximum Gasteiger partial charge on any atom is 0.349 e. The normalized spacial score (nSPS) is 16.0. The molecule has 1 spiro atoms. The summed E-state index contributed by atoms with van der Waals surface area (Å²) in [5, 5.41) is 6.06. The maximum absolute atomic E-state index is 13.4. The zero-order chi connectivity index (χ0) is 24.6. The average Bonchev–Trinajstić information content (AvgIpc) is 3.60. The Bertz CT molecular complexity index is 1310. The van der Waals surface area contributed by atoms with Gasteiger partial charge in [-0.15, -0.1) is 11.3 Å². The first-order valence-electron chi connectivity index (χ1n) is 11.2. The molecule has 2 N–H and O–H groups in total. The molecule has 0 atom stereocenters. The Morgan fingerprint density at radius 3 is 2.69 bits per heavy atom. The molecule has 0 bridgehead atoms. The second-order valence-corrected chi connectivity index (χ2v) is 9.62. The van der Waals surface area contributed by atoms with E-state index >= 15 is 0 Å². The lowest BCUT2D eigenvalue weighted by molar-refractivity contribution is -0.129. The van der Waals surface area contributed by atoms with Crippen molar-refractivity contribution in [3.8, 4) is 0 Å². The number of fused-ring (bicyclic) bond motifs is 1. The Morgan fingerprint density at radius 2 is 1.94 bits per heavy atom. The van der Waals surface area contributed by atoms with Crippen LogP contribution in [0, 0.1) is 6.92 Å². The Balaban J connectivity index is 1.31. The zero-order valence-electron chi connectivity index (χ0n) is 19.0. The summed E-state index contributed by atoms with van der Waals surface area (Å²) in [7, 11) is 0. The van der Waals surface area contributed by atoms with E-state index in [0.29, 0.717) is 34.8 Å². The maximum atomic E-state index is 13.4. The van der Waals surface area contributed by atoms with E-state index in [2.05, 4.69) is 10.6 Å². The van der Waals surface area contributed by atoms with E-state index in [-0.39, 0.29) is 16.5 Å². The van der Waals surface area contributed by atoms with E-state index in [4.69, 9.17) is 9.15 Å². The summed E-state index contributed by atoms with van der Waals surface area (Å²) in [6, 6.07) is 11.9. The predicted molar refractivity (Wildman–Crippen MR) is 130 cm³/mol. The molecule has 3 aromatic rings. The van der Waals surface area contributed by atoms with Crippen LogP contribution in [0.4, 0.5) is 16.4 Å². The highest BCUT2D eigenvalue weighted by Crippen LogP contribution is 2.45. The molecule has 1 saturated carbocycles. The van der Waals surface area contributed by atoms with Gasteiger partial charge in [-0.3, -0.25) is 19.3 Å². The minimum atomic E-state index is -0.972. The molecule has 1 fully saturated rings. The molecule has 3 amide bonds. The molecule has 0 saturated heterocycles. The van der Waals surface area contributed by atoms with Gasteiger partial charge in [-0.05, 0) is 55.7 Å². The second-order valence-electron chi connectivity index (χ2n) is 8.57. The van der Waals surface area contributed by atoms with Crippen molar-refractivity contribution in [1.29, 1.82) is 0 Å². The molecule has 3 heterocycles. The van der Waals surface area contributed by atoms with Crippen molar-refractivity contribution in [3.05, 3.63) is 64.9 Å². The lowest BCUT2D eigenvalue weighted by Gasteiger charge is -2.44. The quantitative estimate of drug-likeness (QED) is 0.510. The van der Waals surface area contributed by atoms with Gasteiger partial charge in [-0.1, -0.05) is 25.0 Å². The summed E-state index contributed by atoms with van der Waals surface area (Å²) in [6.45, 7) is 1.21. The molecule has 1 aliphatic carbocycles. The molecule has 0 radical (unpaired) electrons. The number of thiophene rings is 1. The van der Waals surface area contributed by atoms with Gasteiger partial charge in [-0.2, -0.15) is 0 Å². The van der Waals surface area contributed by atoms with Crippen LogP contribution in [0.25, 0.3) is 0 Å². The van der Waals surface area contributed by atoms with Crippen LogP contribution in [0.5, 0.6) is 0 Å². The van der Waals surface area contributed by atoms with Crippen molar-refractivity contribution in [1.82, 2.24) is 0 Å². The number of hydrogen-bond donors (Lipinski definition) is 2. The molecular weight excluding hydrogens is 470 g/mol. The number of rotatable bonds is 5. The highest BCUT2D eigenvalue weighted by Gasteiger charge is 2.52. The van der Waals surface area contributed by atoms with Crippen LogP contribution in [0.2, 0.25) is 0 Å². The van der Waals surface area contributed by atoms with Crippen LogP contribution >= 0.6 is 11.3 Å². The largest absolute Gasteiger partial charge is 0.459 e. The van der Waals surface area contributed by atoms with Gasteiger partial charge in [-0.25, -0.2) is 4.79 Å². The summed E-state index contributed by atoms with van der Waals surface area (Å²) in [5.74, 6) is -1.62. The molecule has 10 heteroatoms. The number of hydrogen-bond acceptors (Lipinski definition) is 7. The van der Waals surface area contributed by atoms with Crippen LogP contribution in [-0.2, 0) is 14.3 Å². The fourth-order valence-electron chi connectivity index (χ4n) is 4.71. The number of furan rings is 1. The van der Waals surface area contributed by atoms with E-state index < -0.39 is 29.9 Å². The van der Waals surface area contributed by atoms with E-state index in [9.17, 15) is 19.2 Å². The van der Waals surface area contributed by atoms with Crippen molar-refractivity contribution in [3.63, 3.8) is 0 Å². The molecule has 1 aliphatic heterocycles. The van der Waals surface area contributed by atoms with Gasteiger partial charge in [0.25, 0.3) is 17.7 Å². The van der Waals surface area contributed by atoms with E-state index in [1.165, 1.54) is 17.2 Å². The standard InChI is InChI=1S/C25H23N3O6S/c1-15-13-19(27-22(30)18-9-6-12-33-18)35-21(15)23(31)34-14-20(29)28-17-8-3-2-7-16(17)26-24(32)25(28)10-4-5-11-25/h2-3,6-9,12-13H,4-5,10-11,14H2,1H3,(H,26,32)(H,27,30). The Morgan fingerprint density at radius 1 is 1.17 bits per heavy atom. The molecule has 2 aromatic heterocycles. The first-order valence-corrected chi connectivity index (χ1v) is 12.1. The van der Waals surface area contributed by atoms with Gasteiger partial charge >= 0.3 is 5.97 Å². The fraction of sp³-hybridized carbons (Fsp3) is 0.280. The van der Waals surface area contributed by atoms with Gasteiger partial charge in [0.15, 0.2) is 12.4 Å². The highest BCUT2D eigenvalue weighted by molar-refractivity contribution is 7.18. The Kier molecular flexibility index (Phi) is 5.89. The molecule has 5 rings (SSSR count). The number of nitrogens with zero attached hydrogens (tertiary/aromatic N) is 1. The lowest BCUT2D eigenvalue weighted by Crippen LogP contribution is -2.61. The number of amides is 3. The van der Waals surface area contributed by atoms with Crippen LogP contribution in [-0.4, -0.2) is 35.8 Å². The SMILES string of the molecule is Cc1cc(NC(=O)c2ccco2)sc1C(=O)OCC(=O)N1c2ccccc2NC(=O)C12CCCC2. The number of carbonyl (C=O) groups excluding carboxylic acids is 4. The molecular formula is C25H23N3O6S. The molecule has 0 unspecified atom stereocenters. The molecule has 1 aromatic carbocycles. The molecule has 9 nitrogen and oxygen atoms in total. The number of esters is 1. The van der Waals surface area contributed by atoms with Gasteiger partial charge in [0.1, 0.15) is 10.4 Å². The van der Waals surface area contributed by atoms with Crippen LogP contribution < -0.4 is 15.5 Å². The van der Waals surface area contributed by atoms with Crippen LogP contribution in [0.3, 0.4) is 0 Å². The van der Waals surface area contributed by atoms with Gasteiger partial charge in [0.2, 0.25) is 0 Å². The topological polar surface area (TPSA) is 118 Å². The number of para-hydroxylation sites is 2. The first-order chi connectivity index (χ1) is 16.9. The fourth-order valence-corrected chi connectivity index (χ4v) is 5.68. The van der Waals surface area contributed by atoms with Crippen LogP contribution in [0.1, 0.15) is 51.5 Å². The van der Waals surface area contributed by atoms with Gasteiger partial charge in [0.05, 0.1) is 22.6 Å². The van der Waals surface area contributed by atoms with Crippen molar-refractivity contribution in [2.75, 3.05) is 22.1 Å². The summed E-state index contributed by atoms with van der Waals surface area (Å²) in [4.78, 5) is 53.2. The average molecular weight is 494 g/mol. The van der Waals surface area contributed by atoms with Gasteiger partial charge in [0, 0.05) is 0 Å². The Hall–Kier alpha value is -3.92. The monoisotopic (exact) mass is 493 g/mol.